The summed E-state index contributed by atoms with van der Waals surface area (Å²) in [5, 5.41) is 0. The summed E-state index contributed by atoms with van der Waals surface area (Å²) in [6.07, 6.45) is 4.17. The van der Waals surface area contributed by atoms with Crippen molar-refractivity contribution in [2.45, 2.75) is 4.90 Å². The van der Waals surface area contributed by atoms with Crippen LogP contribution in [0.15, 0.2) is 59.9 Å². The fourth-order valence-corrected chi connectivity index (χ4v) is 2.66. The number of fused-ring (bicyclic) bond motifs is 1. The van der Waals surface area contributed by atoms with Crippen LogP contribution in [0.25, 0.3) is 11.0 Å². The largest absolute Gasteiger partial charge is 0.264 e. The summed E-state index contributed by atoms with van der Waals surface area (Å²) in [7, 11) is -3.70. The van der Waals surface area contributed by atoms with Crippen molar-refractivity contribution in [2.75, 3.05) is 4.72 Å². The van der Waals surface area contributed by atoms with Crippen molar-refractivity contribution in [2.24, 2.45) is 0 Å². The molecule has 100 valence electrons. The van der Waals surface area contributed by atoms with Gasteiger partial charge in [0.1, 0.15) is 4.90 Å². The summed E-state index contributed by atoms with van der Waals surface area (Å²) in [5.41, 5.74) is 1.33. The Balaban J connectivity index is 1.97. The predicted octanol–water partition coefficient (Wildman–Crippen LogP) is 1.83. The van der Waals surface area contributed by atoms with Gasteiger partial charge in [-0.2, -0.15) is 0 Å². The molecular formula is C13H10N4O2S. The lowest BCUT2D eigenvalue weighted by Gasteiger charge is -2.07. The van der Waals surface area contributed by atoms with Crippen LogP contribution in [0, 0.1) is 0 Å². The first-order chi connectivity index (χ1) is 9.65. The SMILES string of the molecule is O=S(=O)(Nc1cnc2ccccc2n1)c1cccnc1. The number of nitrogens with one attached hydrogen (secondary N) is 1. The molecule has 0 amide bonds. The molecule has 0 saturated heterocycles. The Morgan fingerprint density at radius 3 is 2.50 bits per heavy atom. The van der Waals surface area contributed by atoms with Gasteiger partial charge in [0.05, 0.1) is 17.2 Å². The summed E-state index contributed by atoms with van der Waals surface area (Å²) in [5.74, 6) is 0.174. The third-order valence-corrected chi connectivity index (χ3v) is 3.97. The minimum atomic E-state index is -3.70. The molecular weight excluding hydrogens is 276 g/mol. The fourth-order valence-electron chi connectivity index (χ4n) is 1.71. The fraction of sp³-hybridized carbons (Fsp3) is 0. The van der Waals surface area contributed by atoms with Crippen LogP contribution >= 0.6 is 0 Å². The highest BCUT2D eigenvalue weighted by atomic mass is 32.2. The molecule has 0 bridgehead atoms. The summed E-state index contributed by atoms with van der Waals surface area (Å²) in [6, 6.07) is 10.3. The Hall–Kier alpha value is -2.54. The molecule has 0 atom stereocenters. The molecule has 0 aliphatic heterocycles. The Morgan fingerprint density at radius 1 is 0.950 bits per heavy atom. The van der Waals surface area contributed by atoms with Gasteiger partial charge in [-0.25, -0.2) is 13.4 Å². The van der Waals surface area contributed by atoms with Gasteiger partial charge in [0.2, 0.25) is 0 Å². The van der Waals surface area contributed by atoms with Crippen molar-refractivity contribution in [3.05, 3.63) is 55.0 Å². The zero-order valence-corrected chi connectivity index (χ0v) is 11.1. The highest BCUT2D eigenvalue weighted by molar-refractivity contribution is 7.92. The van der Waals surface area contributed by atoms with Crippen LogP contribution in [0.3, 0.4) is 0 Å². The third kappa shape index (κ3) is 2.43. The van der Waals surface area contributed by atoms with E-state index in [1.54, 1.807) is 12.1 Å². The smallest absolute Gasteiger partial charge is 0.263 e. The zero-order valence-electron chi connectivity index (χ0n) is 10.3. The molecule has 0 saturated carbocycles. The summed E-state index contributed by atoms with van der Waals surface area (Å²) < 4.78 is 26.6. The first-order valence-corrected chi connectivity index (χ1v) is 7.28. The van der Waals surface area contributed by atoms with E-state index in [1.807, 2.05) is 18.2 Å². The number of rotatable bonds is 3. The van der Waals surface area contributed by atoms with Crippen LogP contribution in [0.4, 0.5) is 5.82 Å². The van der Waals surface area contributed by atoms with Crippen LogP contribution < -0.4 is 4.72 Å². The van der Waals surface area contributed by atoms with E-state index in [1.165, 1.54) is 24.7 Å². The van der Waals surface area contributed by atoms with E-state index < -0.39 is 10.0 Å². The second kappa shape index (κ2) is 4.86. The number of sulfonamides is 1. The van der Waals surface area contributed by atoms with E-state index in [0.29, 0.717) is 11.0 Å². The first kappa shape index (κ1) is 12.5. The van der Waals surface area contributed by atoms with Gasteiger partial charge < -0.3 is 0 Å². The third-order valence-electron chi connectivity index (χ3n) is 2.63. The molecule has 20 heavy (non-hydrogen) atoms. The Morgan fingerprint density at radius 2 is 1.75 bits per heavy atom. The average Bonchev–Trinajstić information content (AvgIpc) is 2.48. The van der Waals surface area contributed by atoms with Gasteiger partial charge in [-0.05, 0) is 24.3 Å². The number of pyridine rings is 1. The van der Waals surface area contributed by atoms with Crippen LogP contribution in [-0.2, 0) is 10.0 Å². The minimum absolute atomic E-state index is 0.0787. The number of anilines is 1. The van der Waals surface area contributed by atoms with Crippen molar-refractivity contribution in [3.8, 4) is 0 Å². The number of nitrogens with zero attached hydrogens (tertiary/aromatic N) is 3. The minimum Gasteiger partial charge on any atom is -0.263 e. The molecule has 0 aliphatic rings. The van der Waals surface area contributed by atoms with Gasteiger partial charge >= 0.3 is 0 Å². The first-order valence-electron chi connectivity index (χ1n) is 5.80. The van der Waals surface area contributed by atoms with Gasteiger partial charge in [-0.1, -0.05) is 12.1 Å². The Labute approximate surface area is 115 Å². The molecule has 1 N–H and O–H groups in total. The van der Waals surface area contributed by atoms with Crippen molar-refractivity contribution in [1.29, 1.82) is 0 Å². The van der Waals surface area contributed by atoms with Gasteiger partial charge in [-0.15, -0.1) is 0 Å². The molecule has 0 fully saturated rings. The van der Waals surface area contributed by atoms with E-state index in [-0.39, 0.29) is 10.7 Å². The molecule has 0 spiro atoms. The highest BCUT2D eigenvalue weighted by Crippen LogP contribution is 2.15. The topological polar surface area (TPSA) is 84.8 Å². The van der Waals surface area contributed by atoms with Gasteiger partial charge in [-0.3, -0.25) is 14.7 Å². The summed E-state index contributed by atoms with van der Waals surface area (Å²) in [4.78, 5) is 12.2. The molecule has 0 aliphatic carbocycles. The van der Waals surface area contributed by atoms with Crippen molar-refractivity contribution in [3.63, 3.8) is 0 Å². The zero-order chi connectivity index (χ0) is 14.0. The molecule has 6 nitrogen and oxygen atoms in total. The molecule has 3 rings (SSSR count). The van der Waals surface area contributed by atoms with E-state index in [0.717, 1.165) is 0 Å². The average molecular weight is 286 g/mol. The van der Waals surface area contributed by atoms with Gasteiger partial charge in [0.15, 0.2) is 5.82 Å². The summed E-state index contributed by atoms with van der Waals surface area (Å²) in [6.45, 7) is 0. The Kier molecular flexibility index (Phi) is 3.03. The van der Waals surface area contributed by atoms with E-state index in [9.17, 15) is 8.42 Å². The quantitative estimate of drug-likeness (QED) is 0.794. The summed E-state index contributed by atoms with van der Waals surface area (Å²) >= 11 is 0. The normalized spacial score (nSPS) is 11.4. The van der Waals surface area contributed by atoms with Crippen molar-refractivity contribution < 1.29 is 8.42 Å². The lowest BCUT2D eigenvalue weighted by atomic mass is 10.3. The van der Waals surface area contributed by atoms with Gasteiger partial charge in [0.25, 0.3) is 10.0 Å². The number of benzene rings is 1. The molecule has 0 unspecified atom stereocenters. The molecule has 0 radical (unpaired) electrons. The molecule has 2 aromatic heterocycles. The van der Waals surface area contributed by atoms with Crippen LogP contribution in [0.2, 0.25) is 0 Å². The number of para-hydroxylation sites is 2. The van der Waals surface area contributed by atoms with E-state index in [4.69, 9.17) is 0 Å². The number of hydrogen-bond acceptors (Lipinski definition) is 5. The van der Waals surface area contributed by atoms with Crippen LogP contribution in [0.1, 0.15) is 0 Å². The van der Waals surface area contributed by atoms with E-state index in [2.05, 4.69) is 19.7 Å². The molecule has 1 aromatic carbocycles. The lowest BCUT2D eigenvalue weighted by molar-refractivity contribution is 0.600. The monoisotopic (exact) mass is 286 g/mol. The van der Waals surface area contributed by atoms with Crippen molar-refractivity contribution in [1.82, 2.24) is 15.0 Å². The van der Waals surface area contributed by atoms with Crippen molar-refractivity contribution >= 4 is 26.9 Å². The number of hydrogen-bond donors (Lipinski definition) is 1. The standard InChI is InChI=1S/C13H10N4O2S/c18-20(19,10-4-3-7-14-8-10)17-13-9-15-11-5-1-2-6-12(11)16-13/h1-9H,(H,16,17). The second-order valence-electron chi connectivity index (χ2n) is 4.04. The van der Waals surface area contributed by atoms with Gasteiger partial charge in [0, 0.05) is 12.4 Å². The van der Waals surface area contributed by atoms with E-state index >= 15 is 0 Å². The van der Waals surface area contributed by atoms with Crippen LogP contribution in [-0.4, -0.2) is 23.4 Å². The second-order valence-corrected chi connectivity index (χ2v) is 5.72. The molecule has 7 heteroatoms. The maximum absolute atomic E-state index is 12.1. The van der Waals surface area contributed by atoms with Crippen LogP contribution in [0.5, 0.6) is 0 Å². The maximum Gasteiger partial charge on any atom is 0.264 e. The predicted molar refractivity (Wildman–Crippen MR) is 74.6 cm³/mol. The highest BCUT2D eigenvalue weighted by Gasteiger charge is 2.15. The Bertz CT molecular complexity index is 850. The lowest BCUT2D eigenvalue weighted by Crippen LogP contribution is -2.14. The maximum atomic E-state index is 12.1. The number of aromatic nitrogens is 3. The molecule has 3 aromatic rings. The molecule has 2 heterocycles.